The molecule has 19 heavy (non-hydrogen) atoms. The molecule has 1 N–H and O–H groups in total. The first-order valence-corrected chi connectivity index (χ1v) is 8.02. The van der Waals surface area contributed by atoms with Crippen molar-refractivity contribution in [2.45, 2.75) is 4.90 Å². The number of nitrogens with one attached hydrogen (secondary N) is 1. The fourth-order valence-electron chi connectivity index (χ4n) is 1.35. The number of hydrogen-bond acceptors (Lipinski definition) is 3. The van der Waals surface area contributed by atoms with E-state index in [0.29, 0.717) is 10.3 Å². The molecule has 1 heterocycles. The summed E-state index contributed by atoms with van der Waals surface area (Å²) in [4.78, 5) is 3.84. The van der Waals surface area contributed by atoms with E-state index in [4.69, 9.17) is 23.2 Å². The fraction of sp³-hybridized carbons (Fsp3) is 0. The van der Waals surface area contributed by atoms with Crippen molar-refractivity contribution in [2.24, 2.45) is 0 Å². The summed E-state index contributed by atoms with van der Waals surface area (Å²) >= 11 is 14.9. The summed E-state index contributed by atoms with van der Waals surface area (Å²) in [5, 5.41) is 0.159. The van der Waals surface area contributed by atoms with Crippen LogP contribution in [0.1, 0.15) is 0 Å². The van der Waals surface area contributed by atoms with Crippen molar-refractivity contribution >= 4 is 54.8 Å². The summed E-state index contributed by atoms with van der Waals surface area (Å²) in [5.74, 6) is 0. The largest absolute Gasteiger partial charge is 0.277 e. The van der Waals surface area contributed by atoms with Gasteiger partial charge in [-0.2, -0.15) is 0 Å². The Morgan fingerprint density at radius 2 is 1.89 bits per heavy atom. The average molecular weight is 382 g/mol. The molecule has 1 aromatic heterocycles. The van der Waals surface area contributed by atoms with Crippen molar-refractivity contribution < 1.29 is 8.42 Å². The molecule has 0 spiro atoms. The minimum absolute atomic E-state index is 0.0170. The van der Waals surface area contributed by atoms with Gasteiger partial charge in [0.25, 0.3) is 10.0 Å². The Balaban J connectivity index is 2.44. The molecule has 0 unspecified atom stereocenters. The molecule has 0 amide bonds. The van der Waals surface area contributed by atoms with E-state index in [-0.39, 0.29) is 14.9 Å². The van der Waals surface area contributed by atoms with E-state index in [1.807, 2.05) is 0 Å². The first kappa shape index (κ1) is 14.6. The summed E-state index contributed by atoms with van der Waals surface area (Å²) in [6, 6.07) is 7.60. The van der Waals surface area contributed by atoms with Gasteiger partial charge < -0.3 is 0 Å². The molecule has 2 rings (SSSR count). The first-order valence-electron chi connectivity index (χ1n) is 4.99. The van der Waals surface area contributed by atoms with Crippen LogP contribution < -0.4 is 4.72 Å². The Morgan fingerprint density at radius 3 is 2.58 bits per heavy atom. The van der Waals surface area contributed by atoms with E-state index in [1.54, 1.807) is 12.1 Å². The van der Waals surface area contributed by atoms with Crippen LogP contribution in [0.4, 0.5) is 5.69 Å². The lowest BCUT2D eigenvalue weighted by Crippen LogP contribution is -2.14. The topological polar surface area (TPSA) is 59.1 Å². The molecule has 0 atom stereocenters. The van der Waals surface area contributed by atoms with Gasteiger partial charge in [0.1, 0.15) is 9.50 Å². The van der Waals surface area contributed by atoms with Crippen LogP contribution in [0, 0.1) is 0 Å². The van der Waals surface area contributed by atoms with Crippen molar-refractivity contribution in [1.29, 1.82) is 0 Å². The van der Waals surface area contributed by atoms with Crippen molar-refractivity contribution in [3.8, 4) is 0 Å². The monoisotopic (exact) mass is 380 g/mol. The number of anilines is 1. The molecule has 0 aliphatic heterocycles. The Hall–Kier alpha value is -0.820. The fourth-order valence-corrected chi connectivity index (χ4v) is 3.66. The molecule has 0 aliphatic rings. The first-order chi connectivity index (χ1) is 8.92. The van der Waals surface area contributed by atoms with Crippen LogP contribution in [0.3, 0.4) is 0 Å². The number of aromatic nitrogens is 1. The van der Waals surface area contributed by atoms with Gasteiger partial charge in [-0.3, -0.25) is 4.72 Å². The summed E-state index contributed by atoms with van der Waals surface area (Å²) < 4.78 is 27.2. The molecule has 1 aromatic carbocycles. The van der Waals surface area contributed by atoms with E-state index >= 15 is 0 Å². The predicted octanol–water partition coefficient (Wildman–Crippen LogP) is 3.95. The normalized spacial score (nSPS) is 11.3. The van der Waals surface area contributed by atoms with Gasteiger partial charge in [0.2, 0.25) is 0 Å². The van der Waals surface area contributed by atoms with Crippen LogP contribution in [0.2, 0.25) is 10.0 Å². The van der Waals surface area contributed by atoms with Gasteiger partial charge >= 0.3 is 0 Å². The maximum absolute atomic E-state index is 12.2. The minimum Gasteiger partial charge on any atom is -0.277 e. The molecule has 0 saturated carbocycles. The van der Waals surface area contributed by atoms with Gasteiger partial charge in [-0.1, -0.05) is 29.3 Å². The Morgan fingerprint density at radius 1 is 1.16 bits per heavy atom. The van der Waals surface area contributed by atoms with Crippen molar-refractivity contribution in [2.75, 3.05) is 4.72 Å². The molecule has 8 heteroatoms. The van der Waals surface area contributed by atoms with Crippen LogP contribution in [-0.2, 0) is 10.0 Å². The second-order valence-corrected chi connectivity index (χ2v) is 6.69. The highest BCUT2D eigenvalue weighted by atomic mass is 79.9. The highest BCUT2D eigenvalue weighted by molar-refractivity contribution is 9.10. The third-order valence-electron chi connectivity index (χ3n) is 2.21. The maximum Gasteiger partial charge on any atom is 0.263 e. The summed E-state index contributed by atoms with van der Waals surface area (Å²) in [6.45, 7) is 0. The van der Waals surface area contributed by atoms with Crippen molar-refractivity contribution in [1.82, 2.24) is 4.98 Å². The number of nitrogens with zero attached hydrogens (tertiary/aromatic N) is 1. The standard InChI is InChI=1S/C11H7BrCl2N2O2S/c12-11-8(4-2-6-15-11)16-19(17,18)9-5-1-3-7(13)10(9)14/h1-6,16H. The van der Waals surface area contributed by atoms with Gasteiger partial charge in [0.05, 0.1) is 15.7 Å². The van der Waals surface area contributed by atoms with E-state index in [0.717, 1.165) is 0 Å². The number of halogens is 3. The number of hydrogen-bond donors (Lipinski definition) is 1. The second-order valence-electron chi connectivity index (χ2n) is 3.50. The molecule has 0 bridgehead atoms. The smallest absolute Gasteiger partial charge is 0.263 e. The predicted molar refractivity (Wildman–Crippen MR) is 79.2 cm³/mol. The number of benzene rings is 1. The van der Waals surface area contributed by atoms with Gasteiger partial charge in [-0.05, 0) is 40.2 Å². The van der Waals surface area contributed by atoms with Crippen LogP contribution in [0.25, 0.3) is 0 Å². The van der Waals surface area contributed by atoms with E-state index in [1.165, 1.54) is 24.4 Å². The summed E-state index contributed by atoms with van der Waals surface area (Å²) in [7, 11) is -3.83. The second kappa shape index (κ2) is 5.66. The molecule has 0 saturated heterocycles. The van der Waals surface area contributed by atoms with Gasteiger partial charge in [0, 0.05) is 6.20 Å². The SMILES string of the molecule is O=S(=O)(Nc1cccnc1Br)c1cccc(Cl)c1Cl. The third kappa shape index (κ3) is 3.20. The van der Waals surface area contributed by atoms with E-state index in [2.05, 4.69) is 25.6 Å². The zero-order valence-corrected chi connectivity index (χ0v) is 13.2. The summed E-state index contributed by atoms with van der Waals surface area (Å²) in [5.41, 5.74) is 0.318. The van der Waals surface area contributed by atoms with Crippen molar-refractivity contribution in [3.63, 3.8) is 0 Å². The van der Waals surface area contributed by atoms with Crippen LogP contribution >= 0.6 is 39.1 Å². The van der Waals surface area contributed by atoms with Crippen LogP contribution in [0.15, 0.2) is 46.0 Å². The Bertz CT molecular complexity index is 722. The molecule has 0 radical (unpaired) electrons. The number of sulfonamides is 1. The lowest BCUT2D eigenvalue weighted by molar-refractivity contribution is 0.601. The average Bonchev–Trinajstić information content (AvgIpc) is 2.35. The van der Waals surface area contributed by atoms with Gasteiger partial charge in [0.15, 0.2) is 0 Å². The molecular weight excluding hydrogens is 375 g/mol. The maximum atomic E-state index is 12.2. The zero-order chi connectivity index (χ0) is 14.0. The molecule has 4 nitrogen and oxygen atoms in total. The van der Waals surface area contributed by atoms with Crippen LogP contribution in [0.5, 0.6) is 0 Å². The molecule has 0 fully saturated rings. The minimum atomic E-state index is -3.83. The Kier molecular flexibility index (Phi) is 4.35. The lowest BCUT2D eigenvalue weighted by atomic mass is 10.4. The highest BCUT2D eigenvalue weighted by Crippen LogP contribution is 2.31. The van der Waals surface area contributed by atoms with Crippen molar-refractivity contribution in [3.05, 3.63) is 51.2 Å². The molecule has 100 valence electrons. The number of rotatable bonds is 3. The van der Waals surface area contributed by atoms with Gasteiger partial charge in [-0.15, -0.1) is 0 Å². The van der Waals surface area contributed by atoms with Crippen LogP contribution in [-0.4, -0.2) is 13.4 Å². The Labute approximate surface area is 128 Å². The molecular formula is C11H7BrCl2N2O2S. The third-order valence-corrected chi connectivity index (χ3v) is 5.18. The summed E-state index contributed by atoms with van der Waals surface area (Å²) in [6.07, 6.45) is 1.54. The molecule has 0 aliphatic carbocycles. The number of pyridine rings is 1. The van der Waals surface area contributed by atoms with Gasteiger partial charge in [-0.25, -0.2) is 13.4 Å². The zero-order valence-electron chi connectivity index (χ0n) is 9.27. The highest BCUT2D eigenvalue weighted by Gasteiger charge is 2.20. The van der Waals surface area contributed by atoms with E-state index < -0.39 is 10.0 Å². The lowest BCUT2D eigenvalue weighted by Gasteiger charge is -2.10. The van der Waals surface area contributed by atoms with E-state index in [9.17, 15) is 8.42 Å². The molecule has 2 aromatic rings. The quantitative estimate of drug-likeness (QED) is 0.818.